The number of anilines is 1. The van der Waals surface area contributed by atoms with Crippen LogP contribution in [0.1, 0.15) is 47.1 Å². The largest absolute Gasteiger partial charge is 0.378 e. The predicted octanol–water partition coefficient (Wildman–Crippen LogP) is 2.27. The molecule has 3 rings (SSSR count). The van der Waals surface area contributed by atoms with E-state index >= 15 is 0 Å². The van der Waals surface area contributed by atoms with Crippen LogP contribution >= 0.6 is 0 Å². The number of carbonyl (C=O) groups excluding carboxylic acids is 1. The van der Waals surface area contributed by atoms with Gasteiger partial charge in [-0.2, -0.15) is 0 Å². The predicted molar refractivity (Wildman–Crippen MR) is 93.8 cm³/mol. The normalized spacial score (nSPS) is 14.8. The third kappa shape index (κ3) is 3.82. The van der Waals surface area contributed by atoms with E-state index in [-0.39, 0.29) is 11.8 Å². The molecular formula is C18H24N4O3. The third-order valence-electron chi connectivity index (χ3n) is 4.26. The summed E-state index contributed by atoms with van der Waals surface area (Å²) in [5.74, 6) is 1.45. The van der Waals surface area contributed by atoms with Crippen molar-refractivity contribution in [2.75, 3.05) is 31.2 Å². The molecule has 1 fully saturated rings. The van der Waals surface area contributed by atoms with Crippen LogP contribution in [-0.4, -0.2) is 42.4 Å². The molecule has 1 saturated heterocycles. The number of morpholine rings is 1. The summed E-state index contributed by atoms with van der Waals surface area (Å²) in [5.41, 5.74) is 2.13. The SMILES string of the molecule is Cc1noc(C(C)C)c1C(=O)NCc1cccnc1N1CCOCC1. The number of aryl methyl sites for hydroxylation is 1. The molecule has 0 aliphatic carbocycles. The highest BCUT2D eigenvalue weighted by Crippen LogP contribution is 2.23. The zero-order valence-electron chi connectivity index (χ0n) is 14.9. The number of hydrogen-bond acceptors (Lipinski definition) is 6. The van der Waals surface area contributed by atoms with E-state index in [1.807, 2.05) is 26.0 Å². The number of carbonyl (C=O) groups is 1. The molecular weight excluding hydrogens is 320 g/mol. The lowest BCUT2D eigenvalue weighted by molar-refractivity contribution is 0.0947. The minimum Gasteiger partial charge on any atom is -0.378 e. The lowest BCUT2D eigenvalue weighted by atomic mass is 10.0. The summed E-state index contributed by atoms with van der Waals surface area (Å²) < 4.78 is 10.7. The number of pyridine rings is 1. The Hall–Kier alpha value is -2.41. The van der Waals surface area contributed by atoms with Gasteiger partial charge in [-0.05, 0) is 13.0 Å². The Morgan fingerprint density at radius 2 is 2.12 bits per heavy atom. The fourth-order valence-electron chi connectivity index (χ4n) is 2.95. The molecule has 0 radical (unpaired) electrons. The Labute approximate surface area is 147 Å². The van der Waals surface area contributed by atoms with E-state index in [4.69, 9.17) is 9.26 Å². The van der Waals surface area contributed by atoms with Crippen LogP contribution < -0.4 is 10.2 Å². The van der Waals surface area contributed by atoms with Crippen LogP contribution in [0.3, 0.4) is 0 Å². The zero-order chi connectivity index (χ0) is 17.8. The number of amides is 1. The summed E-state index contributed by atoms with van der Waals surface area (Å²) in [5, 5.41) is 6.91. The molecule has 1 aliphatic rings. The van der Waals surface area contributed by atoms with Crippen LogP contribution in [0.5, 0.6) is 0 Å². The number of aromatic nitrogens is 2. The molecule has 1 aliphatic heterocycles. The first-order valence-corrected chi connectivity index (χ1v) is 8.59. The second kappa shape index (κ2) is 7.65. The average Bonchev–Trinajstić information content (AvgIpc) is 3.02. The van der Waals surface area contributed by atoms with Gasteiger partial charge in [0.15, 0.2) is 5.76 Å². The maximum Gasteiger partial charge on any atom is 0.257 e. The minimum absolute atomic E-state index is 0.101. The topological polar surface area (TPSA) is 80.5 Å². The van der Waals surface area contributed by atoms with Crippen molar-refractivity contribution in [3.63, 3.8) is 0 Å². The molecule has 0 aromatic carbocycles. The number of rotatable bonds is 5. The van der Waals surface area contributed by atoms with E-state index in [0.717, 1.165) is 24.5 Å². The van der Waals surface area contributed by atoms with Crippen LogP contribution in [0.4, 0.5) is 5.82 Å². The van der Waals surface area contributed by atoms with E-state index in [9.17, 15) is 4.79 Å². The molecule has 3 heterocycles. The molecule has 7 heteroatoms. The van der Waals surface area contributed by atoms with Gasteiger partial charge in [0.2, 0.25) is 0 Å². The van der Waals surface area contributed by atoms with E-state index in [1.165, 1.54) is 0 Å². The molecule has 0 unspecified atom stereocenters. The maximum atomic E-state index is 12.6. The van der Waals surface area contributed by atoms with E-state index in [0.29, 0.717) is 36.8 Å². The van der Waals surface area contributed by atoms with Crippen LogP contribution in [-0.2, 0) is 11.3 Å². The van der Waals surface area contributed by atoms with Crippen molar-refractivity contribution in [3.05, 3.63) is 40.9 Å². The Morgan fingerprint density at radius 3 is 2.84 bits per heavy atom. The minimum atomic E-state index is -0.167. The molecule has 0 saturated carbocycles. The maximum absolute atomic E-state index is 12.6. The van der Waals surface area contributed by atoms with Gasteiger partial charge in [0, 0.05) is 37.3 Å². The molecule has 1 N–H and O–H groups in total. The number of hydrogen-bond donors (Lipinski definition) is 1. The van der Waals surface area contributed by atoms with Gasteiger partial charge < -0.3 is 19.5 Å². The summed E-state index contributed by atoms with van der Waals surface area (Å²) in [6.07, 6.45) is 1.77. The molecule has 134 valence electrons. The Balaban J connectivity index is 1.74. The van der Waals surface area contributed by atoms with Crippen molar-refractivity contribution in [1.82, 2.24) is 15.5 Å². The van der Waals surface area contributed by atoms with Crippen molar-refractivity contribution >= 4 is 11.7 Å². The molecule has 25 heavy (non-hydrogen) atoms. The summed E-state index contributed by atoms with van der Waals surface area (Å²) in [6.45, 7) is 9.15. The van der Waals surface area contributed by atoms with Crippen LogP contribution in [0.2, 0.25) is 0 Å². The van der Waals surface area contributed by atoms with Gasteiger partial charge in [0.05, 0.1) is 18.9 Å². The summed E-state index contributed by atoms with van der Waals surface area (Å²) >= 11 is 0. The zero-order valence-corrected chi connectivity index (χ0v) is 14.9. The Kier molecular flexibility index (Phi) is 5.33. The quantitative estimate of drug-likeness (QED) is 0.896. The van der Waals surface area contributed by atoms with Crippen LogP contribution in [0.25, 0.3) is 0 Å². The first kappa shape index (κ1) is 17.4. The summed E-state index contributed by atoms with van der Waals surface area (Å²) in [4.78, 5) is 19.3. The van der Waals surface area contributed by atoms with Crippen molar-refractivity contribution in [3.8, 4) is 0 Å². The second-order valence-corrected chi connectivity index (χ2v) is 6.43. The van der Waals surface area contributed by atoms with Gasteiger partial charge in [-0.3, -0.25) is 4.79 Å². The van der Waals surface area contributed by atoms with Crippen molar-refractivity contribution in [2.45, 2.75) is 33.2 Å². The monoisotopic (exact) mass is 344 g/mol. The smallest absolute Gasteiger partial charge is 0.257 e. The molecule has 0 bridgehead atoms. The van der Waals surface area contributed by atoms with E-state index < -0.39 is 0 Å². The van der Waals surface area contributed by atoms with E-state index in [1.54, 1.807) is 13.1 Å². The molecule has 7 nitrogen and oxygen atoms in total. The number of ether oxygens (including phenoxy) is 1. The van der Waals surface area contributed by atoms with Gasteiger partial charge in [-0.1, -0.05) is 25.1 Å². The lowest BCUT2D eigenvalue weighted by Gasteiger charge is -2.29. The van der Waals surface area contributed by atoms with Gasteiger partial charge in [-0.25, -0.2) is 4.98 Å². The highest BCUT2D eigenvalue weighted by atomic mass is 16.5. The van der Waals surface area contributed by atoms with Crippen molar-refractivity contribution in [1.29, 1.82) is 0 Å². The fourth-order valence-corrected chi connectivity index (χ4v) is 2.95. The van der Waals surface area contributed by atoms with Gasteiger partial charge in [0.25, 0.3) is 5.91 Å². The third-order valence-corrected chi connectivity index (χ3v) is 4.26. The summed E-state index contributed by atoms with van der Waals surface area (Å²) in [7, 11) is 0. The highest BCUT2D eigenvalue weighted by Gasteiger charge is 2.23. The van der Waals surface area contributed by atoms with Gasteiger partial charge in [0.1, 0.15) is 11.4 Å². The molecule has 0 spiro atoms. The standard InChI is InChI=1S/C18H24N4O3/c1-12(2)16-15(13(3)21-25-16)18(23)20-11-14-5-4-6-19-17(14)22-7-9-24-10-8-22/h4-6,12H,7-11H2,1-3H3,(H,20,23). The van der Waals surface area contributed by atoms with E-state index in [2.05, 4.69) is 20.4 Å². The number of nitrogens with zero attached hydrogens (tertiary/aromatic N) is 3. The summed E-state index contributed by atoms with van der Waals surface area (Å²) in [6, 6.07) is 3.87. The van der Waals surface area contributed by atoms with Crippen LogP contribution in [0.15, 0.2) is 22.9 Å². The fraction of sp³-hybridized carbons (Fsp3) is 0.500. The second-order valence-electron chi connectivity index (χ2n) is 6.43. The lowest BCUT2D eigenvalue weighted by Crippen LogP contribution is -2.38. The molecule has 0 atom stereocenters. The molecule has 1 amide bonds. The Bertz CT molecular complexity index is 736. The Morgan fingerprint density at radius 1 is 1.36 bits per heavy atom. The van der Waals surface area contributed by atoms with Gasteiger partial charge in [-0.15, -0.1) is 0 Å². The van der Waals surface area contributed by atoms with Crippen molar-refractivity contribution < 1.29 is 14.1 Å². The van der Waals surface area contributed by atoms with Gasteiger partial charge >= 0.3 is 0 Å². The number of nitrogens with one attached hydrogen (secondary N) is 1. The first-order chi connectivity index (χ1) is 12.1. The highest BCUT2D eigenvalue weighted by molar-refractivity contribution is 5.96. The van der Waals surface area contributed by atoms with Crippen LogP contribution in [0, 0.1) is 6.92 Å². The molecule has 2 aromatic heterocycles. The molecule has 2 aromatic rings. The van der Waals surface area contributed by atoms with Crippen molar-refractivity contribution in [2.24, 2.45) is 0 Å². The average molecular weight is 344 g/mol. The first-order valence-electron chi connectivity index (χ1n) is 8.59.